The normalized spacial score (nSPS) is 12.3. The van der Waals surface area contributed by atoms with E-state index in [-0.39, 0.29) is 6.04 Å². The van der Waals surface area contributed by atoms with E-state index in [1.807, 2.05) is 33.8 Å². The van der Waals surface area contributed by atoms with Gasteiger partial charge in [-0.05, 0) is 62.9 Å². The smallest absolute Gasteiger partial charge is 0.475 e. The number of rotatable bonds is 5. The highest BCUT2D eigenvalue weighted by atomic mass is 19.4. The minimum atomic E-state index is -5.08. The first kappa shape index (κ1) is 27.6. The molecule has 1 atom stereocenters. The van der Waals surface area contributed by atoms with Crippen molar-refractivity contribution in [3.05, 3.63) is 76.6 Å². The van der Waals surface area contributed by atoms with Gasteiger partial charge in [-0.1, -0.05) is 30.3 Å². The number of halogens is 3. The maximum atomic E-state index is 10.6. The fourth-order valence-corrected chi connectivity index (χ4v) is 4.47. The lowest BCUT2D eigenvalue weighted by Crippen LogP contribution is -2.21. The molecule has 0 radical (unpaired) electrons. The van der Waals surface area contributed by atoms with Crippen LogP contribution in [0.1, 0.15) is 40.2 Å². The Labute approximate surface area is 221 Å². The molecule has 5 aromatic rings. The van der Waals surface area contributed by atoms with Crippen molar-refractivity contribution in [3.8, 4) is 22.3 Å². The molecule has 0 bridgehead atoms. The first-order valence-corrected chi connectivity index (χ1v) is 12.0. The third-order valence-electron chi connectivity index (χ3n) is 6.34. The molecule has 0 aliphatic carbocycles. The van der Waals surface area contributed by atoms with Crippen LogP contribution in [-0.2, 0) is 11.2 Å². The Hall–Kier alpha value is -4.45. The Morgan fingerprint density at radius 2 is 1.44 bits per heavy atom. The van der Waals surface area contributed by atoms with Crippen molar-refractivity contribution in [2.24, 2.45) is 5.73 Å². The van der Waals surface area contributed by atoms with Crippen molar-refractivity contribution < 1.29 is 23.1 Å². The number of hydrogen-bond donors (Lipinski definition) is 5. The van der Waals surface area contributed by atoms with Crippen LogP contribution in [0.15, 0.2) is 42.5 Å². The number of hydrogen-bond acceptors (Lipinski definition) is 5. The molecule has 0 amide bonds. The highest BCUT2D eigenvalue weighted by Gasteiger charge is 2.38. The Morgan fingerprint density at radius 3 is 1.92 bits per heavy atom. The molecular weight excluding hydrogens is 511 g/mol. The summed E-state index contributed by atoms with van der Waals surface area (Å²) in [5.41, 5.74) is 18.3. The molecule has 12 heteroatoms. The molecule has 2 aromatic carbocycles. The number of nitrogens with zero attached hydrogens (tertiary/aromatic N) is 3. The number of carboxylic acids is 1. The molecule has 0 fully saturated rings. The van der Waals surface area contributed by atoms with Crippen molar-refractivity contribution in [2.75, 3.05) is 0 Å². The molecule has 5 rings (SSSR count). The topological polar surface area (TPSA) is 149 Å². The molecule has 204 valence electrons. The summed E-state index contributed by atoms with van der Waals surface area (Å²) >= 11 is 0. The lowest BCUT2D eigenvalue weighted by molar-refractivity contribution is -0.192. The standard InChI is InChI=1S/C25H27N7.C2HF3O2/c1-13-23(14(2)30-29-13)18-7-5-17(6-8-18)11-20(26)25-27-21-10-9-19(12-22(21)28-25)24-15(3)31-32-16(24)4;3-2(4,5)1(6)7/h5-10,12,20H,11,26H2,1-4H3,(H,27,28)(H,29,30)(H,31,32);(H,6,7). The number of fused-ring (bicyclic) bond motifs is 1. The average molecular weight is 540 g/mol. The van der Waals surface area contributed by atoms with E-state index in [2.05, 4.69) is 61.8 Å². The number of carbonyl (C=O) groups is 1. The number of H-pyrrole nitrogens is 3. The molecule has 0 spiro atoms. The number of aryl methyl sites for hydroxylation is 4. The van der Waals surface area contributed by atoms with E-state index in [0.717, 1.165) is 61.9 Å². The summed E-state index contributed by atoms with van der Waals surface area (Å²) in [7, 11) is 0. The van der Waals surface area contributed by atoms with Gasteiger partial charge in [-0.3, -0.25) is 10.2 Å². The van der Waals surface area contributed by atoms with Crippen LogP contribution in [0, 0.1) is 27.7 Å². The van der Waals surface area contributed by atoms with Crippen LogP contribution in [0.3, 0.4) is 0 Å². The summed E-state index contributed by atoms with van der Waals surface area (Å²) in [5, 5.41) is 21.8. The number of imidazole rings is 1. The van der Waals surface area contributed by atoms with Gasteiger partial charge in [0, 0.05) is 22.5 Å². The molecule has 0 aliphatic heterocycles. The largest absolute Gasteiger partial charge is 0.490 e. The molecule has 3 heterocycles. The van der Waals surface area contributed by atoms with Gasteiger partial charge in [0.25, 0.3) is 0 Å². The Balaban J connectivity index is 0.000000448. The van der Waals surface area contributed by atoms with E-state index < -0.39 is 12.1 Å². The fraction of sp³-hybridized carbons (Fsp3) is 0.259. The van der Waals surface area contributed by atoms with Gasteiger partial charge in [0.05, 0.1) is 28.5 Å². The number of nitrogens with two attached hydrogens (primary N) is 1. The summed E-state index contributed by atoms with van der Waals surface area (Å²) in [4.78, 5) is 17.1. The van der Waals surface area contributed by atoms with Gasteiger partial charge in [0.15, 0.2) is 0 Å². The van der Waals surface area contributed by atoms with E-state index in [1.54, 1.807) is 0 Å². The zero-order valence-corrected chi connectivity index (χ0v) is 21.7. The Bertz CT molecular complexity index is 1580. The summed E-state index contributed by atoms with van der Waals surface area (Å²) < 4.78 is 31.7. The second-order valence-corrected chi connectivity index (χ2v) is 9.28. The second-order valence-electron chi connectivity index (χ2n) is 9.28. The third kappa shape index (κ3) is 6.01. The Morgan fingerprint density at radius 1 is 0.923 bits per heavy atom. The highest BCUT2D eigenvalue weighted by molar-refractivity contribution is 5.83. The fourth-order valence-electron chi connectivity index (χ4n) is 4.47. The lowest BCUT2D eigenvalue weighted by Gasteiger charge is -2.10. The van der Waals surface area contributed by atoms with E-state index in [0.29, 0.717) is 6.42 Å². The van der Waals surface area contributed by atoms with E-state index >= 15 is 0 Å². The van der Waals surface area contributed by atoms with Gasteiger partial charge in [-0.15, -0.1) is 0 Å². The average Bonchev–Trinajstić information content (AvgIpc) is 3.55. The summed E-state index contributed by atoms with van der Waals surface area (Å²) in [6, 6.07) is 14.6. The monoisotopic (exact) mass is 539 g/mol. The Kier molecular flexibility index (Phi) is 7.59. The number of nitrogens with one attached hydrogen (secondary N) is 3. The first-order valence-electron chi connectivity index (χ1n) is 12.0. The molecule has 9 nitrogen and oxygen atoms in total. The van der Waals surface area contributed by atoms with Gasteiger partial charge < -0.3 is 15.8 Å². The van der Waals surface area contributed by atoms with Crippen molar-refractivity contribution in [1.82, 2.24) is 30.4 Å². The first-order chi connectivity index (χ1) is 18.3. The third-order valence-corrected chi connectivity index (χ3v) is 6.34. The number of aromatic amines is 3. The van der Waals surface area contributed by atoms with E-state index in [1.165, 1.54) is 5.56 Å². The van der Waals surface area contributed by atoms with Crippen LogP contribution in [0.4, 0.5) is 13.2 Å². The molecule has 0 aliphatic rings. The van der Waals surface area contributed by atoms with Crippen LogP contribution < -0.4 is 5.73 Å². The van der Waals surface area contributed by atoms with Gasteiger partial charge in [-0.2, -0.15) is 23.4 Å². The maximum absolute atomic E-state index is 10.6. The van der Waals surface area contributed by atoms with Crippen molar-refractivity contribution >= 4 is 17.0 Å². The lowest BCUT2D eigenvalue weighted by atomic mass is 9.99. The van der Waals surface area contributed by atoms with Crippen molar-refractivity contribution in [1.29, 1.82) is 0 Å². The SMILES string of the molecule is Cc1n[nH]c(C)c1-c1ccc(CC(N)c2nc3ccc(-c4c(C)n[nH]c4C)cc3[nH]2)cc1.O=C(O)C(F)(F)F. The van der Waals surface area contributed by atoms with Gasteiger partial charge in [0.1, 0.15) is 5.82 Å². The van der Waals surface area contributed by atoms with Crippen LogP contribution >= 0.6 is 0 Å². The predicted octanol–water partition coefficient (Wildman–Crippen LogP) is 5.45. The number of aliphatic carboxylic acids is 1. The van der Waals surface area contributed by atoms with Crippen LogP contribution in [0.25, 0.3) is 33.3 Å². The van der Waals surface area contributed by atoms with Gasteiger partial charge >= 0.3 is 12.1 Å². The highest BCUT2D eigenvalue weighted by Crippen LogP contribution is 2.29. The van der Waals surface area contributed by atoms with Crippen LogP contribution in [-0.4, -0.2) is 47.6 Å². The molecule has 0 saturated heterocycles. The van der Waals surface area contributed by atoms with Crippen molar-refractivity contribution in [2.45, 2.75) is 46.3 Å². The minimum Gasteiger partial charge on any atom is -0.475 e. The molecule has 3 aromatic heterocycles. The van der Waals surface area contributed by atoms with Crippen molar-refractivity contribution in [3.63, 3.8) is 0 Å². The zero-order valence-electron chi connectivity index (χ0n) is 21.7. The van der Waals surface area contributed by atoms with Gasteiger partial charge in [0.2, 0.25) is 0 Å². The maximum Gasteiger partial charge on any atom is 0.490 e. The minimum absolute atomic E-state index is 0.216. The summed E-state index contributed by atoms with van der Waals surface area (Å²) in [6.07, 6.45) is -4.38. The molecule has 6 N–H and O–H groups in total. The zero-order chi connectivity index (χ0) is 28.5. The number of benzene rings is 2. The van der Waals surface area contributed by atoms with E-state index in [9.17, 15) is 13.2 Å². The number of aromatic nitrogens is 6. The molecule has 39 heavy (non-hydrogen) atoms. The summed E-state index contributed by atoms with van der Waals surface area (Å²) in [5.74, 6) is -1.96. The number of alkyl halides is 3. The second kappa shape index (κ2) is 10.7. The van der Waals surface area contributed by atoms with Crippen LogP contribution in [0.5, 0.6) is 0 Å². The van der Waals surface area contributed by atoms with E-state index in [4.69, 9.17) is 20.6 Å². The summed E-state index contributed by atoms with van der Waals surface area (Å²) in [6.45, 7) is 8.11. The molecule has 1 unspecified atom stereocenters. The quantitative estimate of drug-likeness (QED) is 0.200. The predicted molar refractivity (Wildman–Crippen MR) is 141 cm³/mol. The number of carboxylic acid groups (broad SMARTS) is 1. The van der Waals surface area contributed by atoms with Gasteiger partial charge in [-0.25, -0.2) is 9.78 Å². The van der Waals surface area contributed by atoms with Crippen LogP contribution in [0.2, 0.25) is 0 Å². The molecule has 0 saturated carbocycles. The molecular formula is C27H28F3N7O2.